The fourth-order valence-electron chi connectivity index (χ4n) is 1.73. The molecule has 0 fully saturated rings. The number of rotatable bonds is 3. The monoisotopic (exact) mass is 288 g/mol. The van der Waals surface area contributed by atoms with Crippen molar-refractivity contribution in [2.75, 3.05) is 4.72 Å². The van der Waals surface area contributed by atoms with Crippen LogP contribution >= 0.6 is 0 Å². The first-order chi connectivity index (χ1) is 9.45. The summed E-state index contributed by atoms with van der Waals surface area (Å²) in [5.41, 5.74) is 0.765. The maximum absolute atomic E-state index is 12.3. The first kappa shape index (κ1) is 13.9. The summed E-state index contributed by atoms with van der Waals surface area (Å²) in [6, 6.07) is 12.3. The molecule has 0 radical (unpaired) electrons. The average Bonchev–Trinajstić information content (AvgIpc) is 2.43. The van der Waals surface area contributed by atoms with Crippen LogP contribution in [-0.4, -0.2) is 13.5 Å². The van der Waals surface area contributed by atoms with E-state index >= 15 is 0 Å². The van der Waals surface area contributed by atoms with Gasteiger partial charge in [0.15, 0.2) is 0 Å². The highest BCUT2D eigenvalue weighted by Gasteiger charge is 2.19. The Hall–Kier alpha value is -2.52. The number of anilines is 1. The number of hydrogen-bond donors (Lipinski definition) is 2. The summed E-state index contributed by atoms with van der Waals surface area (Å²) in [6.45, 7) is 1.60. The van der Waals surface area contributed by atoms with Crippen LogP contribution in [0.25, 0.3) is 0 Å². The van der Waals surface area contributed by atoms with E-state index in [4.69, 9.17) is 5.26 Å². The van der Waals surface area contributed by atoms with Crippen molar-refractivity contribution in [3.05, 3.63) is 53.6 Å². The van der Waals surface area contributed by atoms with Crippen molar-refractivity contribution in [1.82, 2.24) is 0 Å². The number of nitriles is 1. The lowest BCUT2D eigenvalue weighted by atomic mass is 10.2. The van der Waals surface area contributed by atoms with Gasteiger partial charge in [-0.05, 0) is 31.2 Å². The van der Waals surface area contributed by atoms with Gasteiger partial charge in [0, 0.05) is 5.56 Å². The summed E-state index contributed by atoms with van der Waals surface area (Å²) in [7, 11) is -3.88. The third-order valence-corrected chi connectivity index (χ3v) is 4.27. The summed E-state index contributed by atoms with van der Waals surface area (Å²) in [4.78, 5) is -0.0924. The summed E-state index contributed by atoms with van der Waals surface area (Å²) in [5.74, 6) is -0.00114. The second kappa shape index (κ2) is 5.23. The van der Waals surface area contributed by atoms with Crippen LogP contribution in [0.3, 0.4) is 0 Å². The summed E-state index contributed by atoms with van der Waals surface area (Å²) < 4.78 is 27.0. The minimum atomic E-state index is -3.88. The fourth-order valence-corrected chi connectivity index (χ4v) is 3.01. The molecule has 0 bridgehead atoms. The van der Waals surface area contributed by atoms with E-state index in [2.05, 4.69) is 4.72 Å². The molecule has 2 N–H and O–H groups in total. The minimum absolute atomic E-state index is 0.00114. The van der Waals surface area contributed by atoms with Crippen molar-refractivity contribution < 1.29 is 13.5 Å². The molecule has 0 aliphatic rings. The first-order valence-electron chi connectivity index (χ1n) is 5.76. The number of nitrogens with one attached hydrogen (secondary N) is 1. The summed E-state index contributed by atoms with van der Waals surface area (Å²) in [5, 5.41) is 18.5. The van der Waals surface area contributed by atoms with E-state index < -0.39 is 10.0 Å². The van der Waals surface area contributed by atoms with Crippen LogP contribution in [0.5, 0.6) is 5.75 Å². The standard InChI is InChI=1S/C14H12N2O3S/c1-10-12(6-4-7-13(10)17)16-20(18,19)14-8-3-2-5-11(14)9-15/h2-8,16-17H,1H3. The lowest BCUT2D eigenvalue weighted by Crippen LogP contribution is -2.15. The average molecular weight is 288 g/mol. The maximum Gasteiger partial charge on any atom is 0.263 e. The molecule has 0 saturated heterocycles. The highest BCUT2D eigenvalue weighted by Crippen LogP contribution is 2.26. The predicted molar refractivity (Wildman–Crippen MR) is 74.8 cm³/mol. The molecular formula is C14H12N2O3S. The van der Waals surface area contributed by atoms with Gasteiger partial charge in [0.25, 0.3) is 10.0 Å². The Labute approximate surface area is 117 Å². The van der Waals surface area contributed by atoms with E-state index in [1.54, 1.807) is 25.1 Å². The molecular weight excluding hydrogens is 276 g/mol. The van der Waals surface area contributed by atoms with Crippen LogP contribution in [0, 0.1) is 18.3 Å². The van der Waals surface area contributed by atoms with Gasteiger partial charge in [-0.15, -0.1) is 0 Å². The molecule has 0 unspecified atom stereocenters. The largest absolute Gasteiger partial charge is 0.508 e. The van der Waals surface area contributed by atoms with Gasteiger partial charge >= 0.3 is 0 Å². The van der Waals surface area contributed by atoms with Crippen molar-refractivity contribution in [3.8, 4) is 11.8 Å². The first-order valence-corrected chi connectivity index (χ1v) is 7.24. The third kappa shape index (κ3) is 2.58. The molecule has 0 aliphatic heterocycles. The molecule has 5 nitrogen and oxygen atoms in total. The van der Waals surface area contributed by atoms with Gasteiger partial charge in [-0.2, -0.15) is 5.26 Å². The number of phenolic OH excluding ortho intramolecular Hbond substituents is 1. The van der Waals surface area contributed by atoms with Crippen molar-refractivity contribution in [1.29, 1.82) is 5.26 Å². The zero-order valence-corrected chi connectivity index (χ0v) is 11.5. The Morgan fingerprint density at radius 1 is 1.15 bits per heavy atom. The highest BCUT2D eigenvalue weighted by atomic mass is 32.2. The van der Waals surface area contributed by atoms with Gasteiger partial charge in [-0.3, -0.25) is 4.72 Å². The Morgan fingerprint density at radius 2 is 1.85 bits per heavy atom. The van der Waals surface area contributed by atoms with Crippen LogP contribution in [0.15, 0.2) is 47.4 Å². The molecule has 2 rings (SSSR count). The third-order valence-electron chi connectivity index (χ3n) is 2.85. The van der Waals surface area contributed by atoms with Crippen molar-refractivity contribution in [2.24, 2.45) is 0 Å². The molecule has 0 spiro atoms. The number of sulfonamides is 1. The van der Waals surface area contributed by atoms with Gasteiger partial charge in [-0.25, -0.2) is 8.42 Å². The number of nitrogens with zero attached hydrogens (tertiary/aromatic N) is 1. The second-order valence-electron chi connectivity index (χ2n) is 4.16. The van der Waals surface area contributed by atoms with Gasteiger partial charge < -0.3 is 5.11 Å². The van der Waals surface area contributed by atoms with E-state index in [9.17, 15) is 13.5 Å². The SMILES string of the molecule is Cc1c(O)cccc1NS(=O)(=O)c1ccccc1C#N. The molecule has 20 heavy (non-hydrogen) atoms. The number of aromatic hydroxyl groups is 1. The van der Waals surface area contributed by atoms with Crippen LogP contribution in [0.1, 0.15) is 11.1 Å². The van der Waals surface area contributed by atoms with E-state index in [-0.39, 0.29) is 21.9 Å². The molecule has 0 heterocycles. The van der Waals surface area contributed by atoms with Crippen LogP contribution in [0.4, 0.5) is 5.69 Å². The zero-order valence-electron chi connectivity index (χ0n) is 10.7. The predicted octanol–water partition coefficient (Wildman–Crippen LogP) is 2.37. The summed E-state index contributed by atoms with van der Waals surface area (Å²) in [6.07, 6.45) is 0. The van der Waals surface area contributed by atoms with Crippen molar-refractivity contribution >= 4 is 15.7 Å². The van der Waals surface area contributed by atoms with Gasteiger partial charge in [0.05, 0.1) is 11.3 Å². The summed E-state index contributed by atoms with van der Waals surface area (Å²) >= 11 is 0. The van der Waals surface area contributed by atoms with E-state index in [0.29, 0.717) is 5.56 Å². The van der Waals surface area contributed by atoms with Crippen LogP contribution < -0.4 is 4.72 Å². The van der Waals surface area contributed by atoms with Crippen molar-refractivity contribution in [3.63, 3.8) is 0 Å². The molecule has 2 aromatic rings. The Balaban J connectivity index is 2.47. The lowest BCUT2D eigenvalue weighted by Gasteiger charge is -2.12. The molecule has 6 heteroatoms. The number of phenols is 1. The minimum Gasteiger partial charge on any atom is -0.508 e. The molecule has 0 saturated carbocycles. The number of hydrogen-bond acceptors (Lipinski definition) is 4. The van der Waals surface area contributed by atoms with Gasteiger partial charge in [-0.1, -0.05) is 18.2 Å². The molecule has 0 atom stereocenters. The Bertz CT molecular complexity index is 792. The second-order valence-corrected chi connectivity index (χ2v) is 5.81. The normalized spacial score (nSPS) is 10.8. The molecule has 2 aromatic carbocycles. The fraction of sp³-hybridized carbons (Fsp3) is 0.0714. The molecule has 0 amide bonds. The van der Waals surface area contributed by atoms with Gasteiger partial charge in [0.1, 0.15) is 16.7 Å². The maximum atomic E-state index is 12.3. The Morgan fingerprint density at radius 3 is 2.55 bits per heavy atom. The lowest BCUT2D eigenvalue weighted by molar-refractivity contribution is 0.471. The van der Waals surface area contributed by atoms with E-state index in [0.717, 1.165) is 0 Å². The van der Waals surface area contributed by atoms with Crippen molar-refractivity contribution in [2.45, 2.75) is 11.8 Å². The van der Waals surface area contributed by atoms with Crippen LogP contribution in [0.2, 0.25) is 0 Å². The Kier molecular flexibility index (Phi) is 3.63. The van der Waals surface area contributed by atoms with Gasteiger partial charge in [0.2, 0.25) is 0 Å². The van der Waals surface area contributed by atoms with E-state index in [1.165, 1.54) is 24.3 Å². The quantitative estimate of drug-likeness (QED) is 0.907. The zero-order chi connectivity index (χ0) is 14.8. The molecule has 0 aliphatic carbocycles. The molecule has 102 valence electrons. The topological polar surface area (TPSA) is 90.2 Å². The van der Waals surface area contributed by atoms with Crippen LogP contribution in [-0.2, 0) is 10.0 Å². The van der Waals surface area contributed by atoms with E-state index in [1.807, 2.05) is 6.07 Å². The number of benzene rings is 2. The molecule has 0 aromatic heterocycles. The smallest absolute Gasteiger partial charge is 0.263 e. The highest BCUT2D eigenvalue weighted by molar-refractivity contribution is 7.92.